The fraction of sp³-hybridized carbons (Fsp3) is 0.917. The van der Waals surface area contributed by atoms with Crippen molar-refractivity contribution in [2.24, 2.45) is 5.41 Å². The van der Waals surface area contributed by atoms with E-state index in [1.165, 1.54) is 0 Å². The first-order valence-electron chi connectivity index (χ1n) is 5.98. The van der Waals surface area contributed by atoms with Gasteiger partial charge in [-0.25, -0.2) is 4.79 Å². The van der Waals surface area contributed by atoms with Gasteiger partial charge >= 0.3 is 6.09 Å². The summed E-state index contributed by atoms with van der Waals surface area (Å²) in [5, 5.41) is 9.43. The Morgan fingerprint density at radius 2 is 2.19 bits per heavy atom. The zero-order valence-corrected chi connectivity index (χ0v) is 10.5. The highest BCUT2D eigenvalue weighted by molar-refractivity contribution is 5.67. The van der Waals surface area contributed by atoms with Crippen LogP contribution in [0.4, 0.5) is 4.79 Å². The SMILES string of the molecule is CC(C)(C)CCOC(=O)N1CCCC(O)C1. The molecule has 1 rings (SSSR count). The molecule has 0 aromatic rings. The molecule has 0 aromatic heterocycles. The maximum Gasteiger partial charge on any atom is 0.409 e. The fourth-order valence-electron chi connectivity index (χ4n) is 1.66. The molecule has 0 spiro atoms. The molecule has 1 N–H and O–H groups in total. The second kappa shape index (κ2) is 5.53. The lowest BCUT2D eigenvalue weighted by molar-refractivity contribution is 0.0452. The van der Waals surface area contributed by atoms with E-state index in [1.807, 2.05) is 0 Å². The van der Waals surface area contributed by atoms with Crippen molar-refractivity contribution >= 4 is 6.09 Å². The highest BCUT2D eigenvalue weighted by Crippen LogP contribution is 2.18. The second-order valence-electron chi connectivity index (χ2n) is 5.67. The van der Waals surface area contributed by atoms with Gasteiger partial charge in [-0.2, -0.15) is 0 Å². The van der Waals surface area contributed by atoms with Gasteiger partial charge in [0.25, 0.3) is 0 Å². The van der Waals surface area contributed by atoms with Crippen molar-refractivity contribution in [1.29, 1.82) is 0 Å². The van der Waals surface area contributed by atoms with E-state index in [4.69, 9.17) is 4.74 Å². The third-order valence-corrected chi connectivity index (χ3v) is 2.73. The first-order valence-corrected chi connectivity index (χ1v) is 5.98. The average molecular weight is 229 g/mol. The number of nitrogens with zero attached hydrogens (tertiary/aromatic N) is 1. The van der Waals surface area contributed by atoms with Crippen molar-refractivity contribution in [2.45, 2.75) is 46.1 Å². The quantitative estimate of drug-likeness (QED) is 0.788. The zero-order valence-electron chi connectivity index (χ0n) is 10.5. The molecule has 1 amide bonds. The van der Waals surface area contributed by atoms with Gasteiger partial charge in [0.05, 0.1) is 12.7 Å². The van der Waals surface area contributed by atoms with E-state index in [1.54, 1.807) is 4.90 Å². The molecule has 0 saturated carbocycles. The molecule has 0 radical (unpaired) electrons. The second-order valence-corrected chi connectivity index (χ2v) is 5.67. The summed E-state index contributed by atoms with van der Waals surface area (Å²) in [4.78, 5) is 13.2. The maximum atomic E-state index is 11.6. The lowest BCUT2D eigenvalue weighted by Crippen LogP contribution is -2.42. The number of rotatable bonds is 2. The number of β-amino-alcohol motifs (C(OH)–C–C–N with tert-alkyl or cyclic N) is 1. The van der Waals surface area contributed by atoms with Crippen LogP contribution in [0, 0.1) is 5.41 Å². The van der Waals surface area contributed by atoms with Crippen molar-refractivity contribution in [3.05, 3.63) is 0 Å². The Balaban J connectivity index is 2.24. The molecule has 1 heterocycles. The van der Waals surface area contributed by atoms with Gasteiger partial charge in [0, 0.05) is 13.1 Å². The Bertz CT molecular complexity index is 235. The number of carbonyl (C=O) groups excluding carboxylic acids is 1. The van der Waals surface area contributed by atoms with E-state index in [0.29, 0.717) is 19.7 Å². The van der Waals surface area contributed by atoms with Crippen LogP contribution in [0.3, 0.4) is 0 Å². The van der Waals surface area contributed by atoms with Crippen LogP contribution in [0.15, 0.2) is 0 Å². The van der Waals surface area contributed by atoms with Crippen LogP contribution in [0.1, 0.15) is 40.0 Å². The lowest BCUT2D eigenvalue weighted by atomic mass is 9.93. The topological polar surface area (TPSA) is 49.8 Å². The molecule has 0 aliphatic carbocycles. The molecule has 4 heteroatoms. The third-order valence-electron chi connectivity index (χ3n) is 2.73. The minimum atomic E-state index is -0.385. The molecule has 1 fully saturated rings. The minimum Gasteiger partial charge on any atom is -0.449 e. The Morgan fingerprint density at radius 1 is 1.50 bits per heavy atom. The zero-order chi connectivity index (χ0) is 12.2. The van der Waals surface area contributed by atoms with Crippen LogP contribution >= 0.6 is 0 Å². The van der Waals surface area contributed by atoms with Crippen LogP contribution in [0.2, 0.25) is 0 Å². The maximum absolute atomic E-state index is 11.6. The number of piperidine rings is 1. The minimum absolute atomic E-state index is 0.182. The van der Waals surface area contributed by atoms with Gasteiger partial charge in [0.1, 0.15) is 0 Å². The Hall–Kier alpha value is -0.770. The van der Waals surface area contributed by atoms with Gasteiger partial charge in [-0.15, -0.1) is 0 Å². The number of likely N-dealkylation sites (tertiary alicyclic amines) is 1. The molecule has 0 aromatic carbocycles. The van der Waals surface area contributed by atoms with Crippen LogP contribution in [0.25, 0.3) is 0 Å². The number of carbonyl (C=O) groups is 1. The van der Waals surface area contributed by atoms with Gasteiger partial charge in [0.15, 0.2) is 0 Å². The number of aliphatic hydroxyl groups excluding tert-OH is 1. The Labute approximate surface area is 97.6 Å². The summed E-state index contributed by atoms with van der Waals surface area (Å²) in [6.45, 7) is 7.91. The first-order chi connectivity index (χ1) is 7.38. The van der Waals surface area contributed by atoms with Gasteiger partial charge in [0.2, 0.25) is 0 Å². The summed E-state index contributed by atoms with van der Waals surface area (Å²) in [7, 11) is 0. The van der Waals surface area contributed by atoms with Crippen molar-refractivity contribution in [3.8, 4) is 0 Å². The third kappa shape index (κ3) is 4.84. The van der Waals surface area contributed by atoms with Crippen LogP contribution in [-0.2, 0) is 4.74 Å². The fourth-order valence-corrected chi connectivity index (χ4v) is 1.66. The Morgan fingerprint density at radius 3 is 2.75 bits per heavy atom. The smallest absolute Gasteiger partial charge is 0.409 e. The molecule has 4 nitrogen and oxygen atoms in total. The summed E-state index contributed by atoms with van der Waals surface area (Å²) in [5.74, 6) is 0. The van der Waals surface area contributed by atoms with E-state index in [0.717, 1.165) is 19.3 Å². The predicted molar refractivity (Wildman–Crippen MR) is 62.2 cm³/mol. The van der Waals surface area contributed by atoms with Crippen molar-refractivity contribution in [2.75, 3.05) is 19.7 Å². The molecule has 0 bridgehead atoms. The monoisotopic (exact) mass is 229 g/mol. The van der Waals surface area contributed by atoms with Crippen molar-refractivity contribution in [1.82, 2.24) is 4.90 Å². The normalized spacial score (nSPS) is 22.0. The number of ether oxygens (including phenoxy) is 1. The van der Waals surface area contributed by atoms with E-state index in [-0.39, 0.29) is 17.6 Å². The van der Waals surface area contributed by atoms with Gasteiger partial charge in [-0.1, -0.05) is 20.8 Å². The van der Waals surface area contributed by atoms with Crippen molar-refractivity contribution in [3.63, 3.8) is 0 Å². The van der Waals surface area contributed by atoms with Gasteiger partial charge in [-0.05, 0) is 24.7 Å². The Kier molecular flexibility index (Phi) is 4.59. The molecule has 1 aliphatic heterocycles. The summed E-state index contributed by atoms with van der Waals surface area (Å²) >= 11 is 0. The van der Waals surface area contributed by atoms with Crippen LogP contribution < -0.4 is 0 Å². The first kappa shape index (κ1) is 13.3. The number of hydrogen-bond acceptors (Lipinski definition) is 3. The van der Waals surface area contributed by atoms with Gasteiger partial charge in [-0.3, -0.25) is 0 Å². The molecule has 1 atom stereocenters. The number of amides is 1. The van der Waals surface area contributed by atoms with E-state index in [2.05, 4.69) is 20.8 Å². The van der Waals surface area contributed by atoms with E-state index in [9.17, 15) is 9.90 Å². The lowest BCUT2D eigenvalue weighted by Gasteiger charge is -2.29. The molecule has 1 saturated heterocycles. The number of hydrogen-bond donors (Lipinski definition) is 1. The standard InChI is InChI=1S/C12H23NO3/c1-12(2,3)6-8-16-11(15)13-7-4-5-10(14)9-13/h10,14H,4-9H2,1-3H3. The highest BCUT2D eigenvalue weighted by Gasteiger charge is 2.23. The predicted octanol–water partition coefficient (Wildman–Crippen LogP) is 2.02. The molecule has 16 heavy (non-hydrogen) atoms. The van der Waals surface area contributed by atoms with Gasteiger partial charge < -0.3 is 14.7 Å². The largest absolute Gasteiger partial charge is 0.449 e. The summed E-state index contributed by atoms with van der Waals surface area (Å²) in [6, 6.07) is 0. The van der Waals surface area contributed by atoms with Crippen LogP contribution in [-0.4, -0.2) is 41.9 Å². The molecular weight excluding hydrogens is 206 g/mol. The highest BCUT2D eigenvalue weighted by atomic mass is 16.6. The summed E-state index contributed by atoms with van der Waals surface area (Å²) < 4.78 is 5.18. The molecule has 1 unspecified atom stereocenters. The van der Waals surface area contributed by atoms with E-state index >= 15 is 0 Å². The average Bonchev–Trinajstić information content (AvgIpc) is 2.15. The molecule has 1 aliphatic rings. The van der Waals surface area contributed by atoms with Crippen molar-refractivity contribution < 1.29 is 14.6 Å². The van der Waals surface area contributed by atoms with Crippen LogP contribution in [0.5, 0.6) is 0 Å². The molecule has 94 valence electrons. The molecular formula is C12H23NO3. The number of aliphatic hydroxyl groups is 1. The summed E-state index contributed by atoms with van der Waals surface area (Å²) in [6.07, 6.45) is 1.82. The van der Waals surface area contributed by atoms with E-state index < -0.39 is 0 Å². The summed E-state index contributed by atoms with van der Waals surface area (Å²) in [5.41, 5.74) is 0.182.